The van der Waals surface area contributed by atoms with Crippen molar-refractivity contribution in [1.29, 1.82) is 0 Å². The van der Waals surface area contributed by atoms with Gasteiger partial charge in [-0.1, -0.05) is 6.07 Å². The fourth-order valence-electron chi connectivity index (χ4n) is 2.00. The SMILES string of the molecule is CSc1nc(C)nc(Oc2cccc(C(F)(F)F)c2)c1OC(=O)C=CN(C)C. The molecule has 0 aliphatic rings. The van der Waals surface area contributed by atoms with Crippen LogP contribution in [-0.4, -0.2) is 41.2 Å². The summed E-state index contributed by atoms with van der Waals surface area (Å²) < 4.78 is 49.6. The molecule has 0 unspecified atom stereocenters. The van der Waals surface area contributed by atoms with Crippen LogP contribution in [0.5, 0.6) is 17.4 Å². The normalized spacial score (nSPS) is 11.5. The van der Waals surface area contributed by atoms with Gasteiger partial charge in [0.15, 0.2) is 0 Å². The molecule has 1 aromatic carbocycles. The Balaban J connectivity index is 2.41. The van der Waals surface area contributed by atoms with Gasteiger partial charge in [0.25, 0.3) is 5.88 Å². The maximum Gasteiger partial charge on any atom is 0.416 e. The first kappa shape index (κ1) is 21.5. The van der Waals surface area contributed by atoms with Gasteiger partial charge in [-0.25, -0.2) is 9.78 Å². The highest BCUT2D eigenvalue weighted by atomic mass is 32.2. The van der Waals surface area contributed by atoms with Crippen LogP contribution in [0.15, 0.2) is 41.6 Å². The number of rotatable bonds is 6. The Hall–Kier alpha value is -2.75. The highest BCUT2D eigenvalue weighted by molar-refractivity contribution is 7.98. The van der Waals surface area contributed by atoms with Gasteiger partial charge in [0, 0.05) is 26.4 Å². The molecule has 0 atom stereocenters. The lowest BCUT2D eigenvalue weighted by Gasteiger charge is -2.14. The third-order valence-electron chi connectivity index (χ3n) is 3.20. The Bertz CT molecular complexity index is 886. The van der Waals surface area contributed by atoms with Crippen molar-refractivity contribution in [3.63, 3.8) is 0 Å². The van der Waals surface area contributed by atoms with Gasteiger partial charge in [-0.2, -0.15) is 18.2 Å². The zero-order valence-corrected chi connectivity index (χ0v) is 16.4. The second-order valence-corrected chi connectivity index (χ2v) is 6.54. The van der Waals surface area contributed by atoms with Crippen LogP contribution < -0.4 is 9.47 Å². The fourth-order valence-corrected chi connectivity index (χ4v) is 2.54. The van der Waals surface area contributed by atoms with E-state index >= 15 is 0 Å². The first-order valence-corrected chi connectivity index (χ1v) is 9.17. The summed E-state index contributed by atoms with van der Waals surface area (Å²) in [5, 5.41) is 0.320. The molecular weight excluding hydrogens is 395 g/mol. The summed E-state index contributed by atoms with van der Waals surface area (Å²) in [6.07, 6.45) is -0.123. The maximum atomic E-state index is 12.9. The molecule has 0 radical (unpaired) electrons. The standard InChI is InChI=1S/C18H18F3N3O3S/c1-11-22-16(26-13-7-5-6-12(10-13)18(19,20)21)15(17(23-11)28-4)27-14(25)8-9-24(2)3/h5-10H,1-4H3. The van der Waals surface area contributed by atoms with E-state index in [4.69, 9.17) is 9.47 Å². The van der Waals surface area contributed by atoms with Crippen molar-refractivity contribution in [2.45, 2.75) is 18.1 Å². The molecule has 0 fully saturated rings. The third-order valence-corrected chi connectivity index (χ3v) is 3.86. The fraction of sp³-hybridized carbons (Fsp3) is 0.278. The van der Waals surface area contributed by atoms with Gasteiger partial charge < -0.3 is 14.4 Å². The summed E-state index contributed by atoms with van der Waals surface area (Å²) in [5.74, 6) is -0.701. The summed E-state index contributed by atoms with van der Waals surface area (Å²) in [4.78, 5) is 22.0. The number of benzene rings is 1. The summed E-state index contributed by atoms with van der Waals surface area (Å²) in [6, 6.07) is 4.34. The molecule has 0 aliphatic heterocycles. The number of nitrogens with zero attached hydrogens (tertiary/aromatic N) is 3. The second-order valence-electron chi connectivity index (χ2n) is 5.74. The van der Waals surface area contributed by atoms with Crippen LogP contribution in [0.3, 0.4) is 0 Å². The first-order valence-electron chi connectivity index (χ1n) is 7.94. The Morgan fingerprint density at radius 2 is 1.96 bits per heavy atom. The molecule has 2 rings (SSSR count). The Morgan fingerprint density at radius 1 is 1.25 bits per heavy atom. The molecule has 28 heavy (non-hydrogen) atoms. The van der Waals surface area contributed by atoms with E-state index in [-0.39, 0.29) is 17.4 Å². The number of halogens is 3. The molecule has 0 saturated carbocycles. The Morgan fingerprint density at radius 3 is 2.57 bits per heavy atom. The Kier molecular flexibility index (Phi) is 6.90. The second kappa shape index (κ2) is 8.96. The van der Waals surface area contributed by atoms with Crippen LogP contribution in [0.4, 0.5) is 13.2 Å². The van der Waals surface area contributed by atoms with Crippen molar-refractivity contribution in [3.05, 3.63) is 47.9 Å². The van der Waals surface area contributed by atoms with Crippen LogP contribution in [0.25, 0.3) is 0 Å². The molecule has 0 bridgehead atoms. The summed E-state index contributed by atoms with van der Waals surface area (Å²) in [6.45, 7) is 1.59. The molecular formula is C18H18F3N3O3S. The van der Waals surface area contributed by atoms with E-state index in [1.54, 1.807) is 32.2 Å². The number of carbonyl (C=O) groups is 1. The molecule has 10 heteroatoms. The van der Waals surface area contributed by atoms with Crippen molar-refractivity contribution >= 4 is 17.7 Å². The minimum Gasteiger partial charge on any atom is -0.436 e. The number of thioether (sulfide) groups is 1. The van der Waals surface area contributed by atoms with Gasteiger partial charge in [0.05, 0.1) is 5.56 Å². The number of hydrogen-bond acceptors (Lipinski definition) is 7. The van der Waals surface area contributed by atoms with Gasteiger partial charge in [-0.15, -0.1) is 11.8 Å². The average molecular weight is 413 g/mol. The predicted octanol–water partition coefficient (Wildman–Crippen LogP) is 4.30. The highest BCUT2D eigenvalue weighted by Crippen LogP contribution is 2.38. The van der Waals surface area contributed by atoms with E-state index in [0.29, 0.717) is 10.9 Å². The van der Waals surface area contributed by atoms with Gasteiger partial charge in [-0.3, -0.25) is 0 Å². The number of aromatic nitrogens is 2. The minimum atomic E-state index is -4.52. The van der Waals surface area contributed by atoms with Crippen LogP contribution in [0, 0.1) is 6.92 Å². The number of esters is 1. The van der Waals surface area contributed by atoms with Crippen molar-refractivity contribution in [2.75, 3.05) is 20.4 Å². The van der Waals surface area contributed by atoms with Crippen LogP contribution in [0.1, 0.15) is 11.4 Å². The third kappa shape index (κ3) is 5.88. The number of hydrogen-bond donors (Lipinski definition) is 0. The van der Waals surface area contributed by atoms with Crippen molar-refractivity contribution in [2.24, 2.45) is 0 Å². The molecule has 0 spiro atoms. The molecule has 150 valence electrons. The van der Waals surface area contributed by atoms with Crippen molar-refractivity contribution in [3.8, 4) is 17.4 Å². The van der Waals surface area contributed by atoms with Crippen molar-refractivity contribution in [1.82, 2.24) is 14.9 Å². The van der Waals surface area contributed by atoms with Crippen LogP contribution in [-0.2, 0) is 11.0 Å². The van der Waals surface area contributed by atoms with Gasteiger partial charge >= 0.3 is 12.1 Å². The van der Waals surface area contributed by atoms with E-state index in [0.717, 1.165) is 12.1 Å². The number of carbonyl (C=O) groups excluding carboxylic acids is 1. The zero-order valence-electron chi connectivity index (χ0n) is 15.6. The molecule has 1 aromatic heterocycles. The highest BCUT2D eigenvalue weighted by Gasteiger charge is 2.31. The monoisotopic (exact) mass is 413 g/mol. The van der Waals surface area contributed by atoms with Crippen LogP contribution >= 0.6 is 11.8 Å². The molecule has 1 heterocycles. The largest absolute Gasteiger partial charge is 0.436 e. The summed E-state index contributed by atoms with van der Waals surface area (Å²) >= 11 is 1.19. The summed E-state index contributed by atoms with van der Waals surface area (Å²) in [5.41, 5.74) is -0.867. The maximum absolute atomic E-state index is 12.9. The first-order chi connectivity index (χ1) is 13.1. The molecule has 0 amide bonds. The molecule has 6 nitrogen and oxygen atoms in total. The number of ether oxygens (including phenoxy) is 2. The molecule has 2 aromatic rings. The van der Waals surface area contributed by atoms with Crippen LogP contribution in [0.2, 0.25) is 0 Å². The lowest BCUT2D eigenvalue weighted by atomic mass is 10.2. The Labute approximate surface area is 164 Å². The molecule has 0 saturated heterocycles. The molecule has 0 aliphatic carbocycles. The molecule has 0 N–H and O–H groups in total. The van der Waals surface area contributed by atoms with E-state index in [1.165, 1.54) is 36.2 Å². The lowest BCUT2D eigenvalue weighted by Crippen LogP contribution is -2.10. The van der Waals surface area contributed by atoms with E-state index < -0.39 is 17.7 Å². The number of aryl methyl sites for hydroxylation is 1. The van der Waals surface area contributed by atoms with Gasteiger partial charge in [0.2, 0.25) is 5.75 Å². The van der Waals surface area contributed by atoms with Crippen molar-refractivity contribution < 1.29 is 27.4 Å². The zero-order chi connectivity index (χ0) is 20.9. The topological polar surface area (TPSA) is 64.6 Å². The smallest absolute Gasteiger partial charge is 0.416 e. The number of alkyl halides is 3. The summed E-state index contributed by atoms with van der Waals surface area (Å²) in [7, 11) is 3.46. The minimum absolute atomic E-state index is 0.0658. The lowest BCUT2D eigenvalue weighted by molar-refractivity contribution is -0.137. The van der Waals surface area contributed by atoms with Gasteiger partial charge in [0.1, 0.15) is 16.6 Å². The average Bonchev–Trinajstić information content (AvgIpc) is 2.61. The van der Waals surface area contributed by atoms with Gasteiger partial charge in [-0.05, 0) is 31.4 Å². The van der Waals surface area contributed by atoms with E-state index in [1.807, 2.05) is 0 Å². The van der Waals surface area contributed by atoms with E-state index in [2.05, 4.69) is 9.97 Å². The van der Waals surface area contributed by atoms with E-state index in [9.17, 15) is 18.0 Å². The quantitative estimate of drug-likeness (QED) is 0.303. The predicted molar refractivity (Wildman–Crippen MR) is 98.5 cm³/mol.